The Kier molecular flexibility index (Phi) is 3.53. The van der Waals surface area contributed by atoms with E-state index >= 15 is 0 Å². The predicted molar refractivity (Wildman–Crippen MR) is 53.2 cm³/mol. The number of benzene rings is 1. The lowest BCUT2D eigenvalue weighted by Crippen LogP contribution is -2.20. The number of phenolic OH excluding ortho intramolecular Hbond substituents is 1. The number of methoxy groups -OCH3 is 1. The molecule has 2 N–H and O–H groups in total. The monoisotopic (exact) mass is 253 g/mol. The van der Waals surface area contributed by atoms with E-state index in [9.17, 15) is 22.3 Å². The minimum absolute atomic E-state index is 0.275. The Balaban J connectivity index is 2.99. The van der Waals surface area contributed by atoms with Crippen LogP contribution in [0.15, 0.2) is 18.2 Å². The van der Waals surface area contributed by atoms with Gasteiger partial charge >= 0.3 is 5.76 Å². The first-order valence-electron chi connectivity index (χ1n) is 4.03. The van der Waals surface area contributed by atoms with E-state index in [0.29, 0.717) is 0 Å². The highest BCUT2D eigenvalue weighted by atomic mass is 32.2. The summed E-state index contributed by atoms with van der Waals surface area (Å²) < 4.78 is 51.9. The lowest BCUT2D eigenvalue weighted by Gasteiger charge is -2.09. The zero-order valence-corrected chi connectivity index (χ0v) is 8.96. The number of ether oxygens (including phenoxy) is 1. The van der Waals surface area contributed by atoms with Crippen LogP contribution in [0.4, 0.5) is 14.5 Å². The average Bonchev–Trinajstić information content (AvgIpc) is 2.20. The van der Waals surface area contributed by atoms with Crippen LogP contribution >= 0.6 is 0 Å². The van der Waals surface area contributed by atoms with Gasteiger partial charge in [0.1, 0.15) is 11.5 Å². The Labute approximate surface area is 90.7 Å². The standard InChI is InChI=1S/C8H9F2NO4S/c1-15-5-2-3-6(7(12)4-5)11-16(13,14)8(9)10/h2-4,8,11-12H,1H3. The van der Waals surface area contributed by atoms with Crippen molar-refractivity contribution in [3.8, 4) is 11.5 Å². The highest BCUT2D eigenvalue weighted by molar-refractivity contribution is 7.93. The van der Waals surface area contributed by atoms with Crippen molar-refractivity contribution in [2.75, 3.05) is 11.8 Å². The zero-order chi connectivity index (χ0) is 12.3. The molecule has 0 spiro atoms. The van der Waals surface area contributed by atoms with Gasteiger partial charge in [0.15, 0.2) is 0 Å². The number of hydrogen-bond donors (Lipinski definition) is 2. The largest absolute Gasteiger partial charge is 0.506 e. The first-order chi connectivity index (χ1) is 7.36. The Morgan fingerprint density at radius 2 is 2.06 bits per heavy atom. The van der Waals surface area contributed by atoms with Gasteiger partial charge in [-0.25, -0.2) is 8.42 Å². The van der Waals surface area contributed by atoms with Crippen molar-refractivity contribution in [2.24, 2.45) is 0 Å². The molecule has 0 amide bonds. The van der Waals surface area contributed by atoms with Gasteiger partial charge in [-0.2, -0.15) is 8.78 Å². The van der Waals surface area contributed by atoms with Gasteiger partial charge in [-0.3, -0.25) is 4.72 Å². The topological polar surface area (TPSA) is 75.6 Å². The summed E-state index contributed by atoms with van der Waals surface area (Å²) in [6.45, 7) is 0. The summed E-state index contributed by atoms with van der Waals surface area (Å²) in [4.78, 5) is 0. The van der Waals surface area contributed by atoms with Crippen LogP contribution in [-0.4, -0.2) is 26.4 Å². The molecule has 1 aromatic rings. The van der Waals surface area contributed by atoms with E-state index in [1.165, 1.54) is 13.2 Å². The lowest BCUT2D eigenvalue weighted by molar-refractivity contribution is 0.236. The van der Waals surface area contributed by atoms with Gasteiger partial charge < -0.3 is 9.84 Å². The molecule has 0 atom stereocenters. The summed E-state index contributed by atoms with van der Waals surface area (Å²) in [5.41, 5.74) is -0.332. The second-order valence-corrected chi connectivity index (χ2v) is 4.44. The van der Waals surface area contributed by atoms with Crippen molar-refractivity contribution in [3.05, 3.63) is 18.2 Å². The molecule has 0 bridgehead atoms. The molecule has 0 saturated heterocycles. The number of alkyl halides is 2. The Morgan fingerprint density at radius 3 is 2.50 bits per heavy atom. The van der Waals surface area contributed by atoms with E-state index in [0.717, 1.165) is 12.1 Å². The quantitative estimate of drug-likeness (QED) is 0.794. The number of sulfonamides is 1. The molecule has 1 rings (SSSR count). The summed E-state index contributed by atoms with van der Waals surface area (Å²) in [6.07, 6.45) is 0. The van der Waals surface area contributed by atoms with Crippen molar-refractivity contribution in [2.45, 2.75) is 5.76 Å². The smallest absolute Gasteiger partial charge is 0.355 e. The van der Waals surface area contributed by atoms with E-state index in [1.54, 1.807) is 4.72 Å². The maximum atomic E-state index is 12.0. The number of phenols is 1. The van der Waals surface area contributed by atoms with Gasteiger partial charge in [0.2, 0.25) is 0 Å². The van der Waals surface area contributed by atoms with Crippen LogP contribution in [-0.2, 0) is 10.0 Å². The van der Waals surface area contributed by atoms with Crippen LogP contribution in [0.2, 0.25) is 0 Å². The minimum Gasteiger partial charge on any atom is -0.506 e. The molecule has 5 nitrogen and oxygen atoms in total. The lowest BCUT2D eigenvalue weighted by atomic mass is 10.3. The summed E-state index contributed by atoms with van der Waals surface area (Å²) in [5.74, 6) is -3.78. The Hall–Kier alpha value is -1.57. The van der Waals surface area contributed by atoms with Crippen LogP contribution in [0, 0.1) is 0 Å². The highest BCUT2D eigenvalue weighted by Gasteiger charge is 2.24. The molecule has 0 aliphatic carbocycles. The molecule has 0 heterocycles. The van der Waals surface area contributed by atoms with Crippen LogP contribution in [0.25, 0.3) is 0 Å². The Morgan fingerprint density at radius 1 is 1.44 bits per heavy atom. The molecule has 0 radical (unpaired) electrons. The zero-order valence-electron chi connectivity index (χ0n) is 8.15. The van der Waals surface area contributed by atoms with Gasteiger partial charge in [0.25, 0.3) is 10.0 Å². The maximum Gasteiger partial charge on any atom is 0.355 e. The fourth-order valence-electron chi connectivity index (χ4n) is 0.923. The average molecular weight is 253 g/mol. The third-order valence-electron chi connectivity index (χ3n) is 1.69. The fraction of sp³-hybridized carbons (Fsp3) is 0.250. The highest BCUT2D eigenvalue weighted by Crippen LogP contribution is 2.29. The minimum atomic E-state index is -4.78. The van der Waals surface area contributed by atoms with Crippen LogP contribution in [0.1, 0.15) is 0 Å². The van der Waals surface area contributed by atoms with Gasteiger partial charge in [0.05, 0.1) is 12.8 Å². The number of anilines is 1. The van der Waals surface area contributed by atoms with E-state index in [1.807, 2.05) is 0 Å². The van der Waals surface area contributed by atoms with E-state index in [2.05, 4.69) is 0 Å². The van der Waals surface area contributed by atoms with Crippen LogP contribution < -0.4 is 9.46 Å². The molecule has 90 valence electrons. The van der Waals surface area contributed by atoms with Crippen LogP contribution in [0.3, 0.4) is 0 Å². The summed E-state index contributed by atoms with van der Waals surface area (Å²) >= 11 is 0. The van der Waals surface area contributed by atoms with Gasteiger partial charge in [-0.1, -0.05) is 0 Å². The summed E-state index contributed by atoms with van der Waals surface area (Å²) in [7, 11) is -3.43. The number of halogens is 2. The van der Waals surface area contributed by atoms with Gasteiger partial charge in [-0.05, 0) is 12.1 Å². The molecule has 0 aliphatic rings. The SMILES string of the molecule is COc1ccc(NS(=O)(=O)C(F)F)c(O)c1. The van der Waals surface area contributed by atoms with E-state index in [-0.39, 0.29) is 11.4 Å². The van der Waals surface area contributed by atoms with Crippen molar-refractivity contribution >= 4 is 15.7 Å². The van der Waals surface area contributed by atoms with Crippen molar-refractivity contribution in [3.63, 3.8) is 0 Å². The molecule has 16 heavy (non-hydrogen) atoms. The molecule has 0 saturated carbocycles. The van der Waals surface area contributed by atoms with E-state index < -0.39 is 21.5 Å². The van der Waals surface area contributed by atoms with Crippen molar-refractivity contribution in [1.29, 1.82) is 0 Å². The van der Waals surface area contributed by atoms with Crippen molar-refractivity contribution < 1.29 is 27.0 Å². The number of hydrogen-bond acceptors (Lipinski definition) is 4. The number of aromatic hydroxyl groups is 1. The summed E-state index contributed by atoms with van der Waals surface area (Å²) in [5, 5.41) is 9.32. The molecule has 0 aliphatic heterocycles. The first-order valence-corrected chi connectivity index (χ1v) is 5.58. The van der Waals surface area contributed by atoms with Gasteiger partial charge in [-0.15, -0.1) is 0 Å². The van der Waals surface area contributed by atoms with Gasteiger partial charge in [0, 0.05) is 6.07 Å². The molecular formula is C8H9F2NO4S. The third kappa shape index (κ3) is 2.72. The molecular weight excluding hydrogens is 244 g/mol. The molecule has 0 unspecified atom stereocenters. The first kappa shape index (κ1) is 12.5. The van der Waals surface area contributed by atoms with Crippen molar-refractivity contribution in [1.82, 2.24) is 0 Å². The fourth-order valence-corrected chi connectivity index (χ4v) is 1.49. The second-order valence-electron chi connectivity index (χ2n) is 2.79. The second kappa shape index (κ2) is 4.52. The van der Waals surface area contributed by atoms with Crippen LogP contribution in [0.5, 0.6) is 11.5 Å². The number of nitrogens with one attached hydrogen (secondary N) is 1. The normalized spacial score (nSPS) is 11.5. The summed E-state index contributed by atoms with van der Waals surface area (Å²) in [6, 6.07) is 3.54. The maximum absolute atomic E-state index is 12.0. The predicted octanol–water partition coefficient (Wildman–Crippen LogP) is 1.37. The van der Waals surface area contributed by atoms with E-state index in [4.69, 9.17) is 4.74 Å². The molecule has 8 heteroatoms. The molecule has 0 fully saturated rings. The third-order valence-corrected chi connectivity index (χ3v) is 2.67. The molecule has 0 aromatic heterocycles. The Bertz CT molecular complexity index is 475. The molecule has 1 aromatic carbocycles. The number of rotatable bonds is 4.